The first kappa shape index (κ1) is 16.5. The van der Waals surface area contributed by atoms with E-state index < -0.39 is 0 Å². The number of amides is 2. The average Bonchev–Trinajstić information content (AvgIpc) is 2.99. The Morgan fingerprint density at radius 1 is 1.12 bits per heavy atom. The van der Waals surface area contributed by atoms with Crippen LogP contribution in [0.15, 0.2) is 48.8 Å². The number of ether oxygens (including phenoxy) is 1. The topological polar surface area (TPSA) is 85.3 Å². The van der Waals surface area contributed by atoms with Gasteiger partial charge in [-0.2, -0.15) is 0 Å². The number of carbonyl (C=O) groups excluding carboxylic acids is 2. The normalized spacial score (nSPS) is 10.5. The fourth-order valence-corrected chi connectivity index (χ4v) is 2.53. The summed E-state index contributed by atoms with van der Waals surface area (Å²) in [6, 6.07) is 12.7. The Kier molecular flexibility index (Phi) is 4.65. The molecule has 3 aromatic rings. The van der Waals surface area contributed by atoms with Gasteiger partial charge >= 0.3 is 0 Å². The summed E-state index contributed by atoms with van der Waals surface area (Å²) in [6.45, 7) is 1.52. The zero-order chi connectivity index (χ0) is 17.8. The summed E-state index contributed by atoms with van der Waals surface area (Å²) in [7, 11) is 1.54. The third-order valence-electron chi connectivity index (χ3n) is 3.65. The van der Waals surface area contributed by atoms with E-state index in [1.165, 1.54) is 14.0 Å². The Balaban J connectivity index is 1.81. The van der Waals surface area contributed by atoms with Crippen molar-refractivity contribution in [2.24, 2.45) is 0 Å². The van der Waals surface area contributed by atoms with Crippen LogP contribution < -0.4 is 15.4 Å². The number of benzene rings is 2. The van der Waals surface area contributed by atoms with Crippen molar-refractivity contribution in [2.45, 2.75) is 13.5 Å². The maximum Gasteiger partial charge on any atom is 0.244 e. The Hall–Kier alpha value is -3.35. The van der Waals surface area contributed by atoms with E-state index >= 15 is 0 Å². The van der Waals surface area contributed by atoms with E-state index in [1.54, 1.807) is 29.1 Å². The number of fused-ring (bicyclic) bond motifs is 1. The molecule has 2 aromatic carbocycles. The maximum atomic E-state index is 12.4. The van der Waals surface area contributed by atoms with Crippen molar-refractivity contribution in [3.8, 4) is 5.75 Å². The van der Waals surface area contributed by atoms with E-state index in [0.29, 0.717) is 17.1 Å². The van der Waals surface area contributed by atoms with Crippen LogP contribution in [-0.4, -0.2) is 28.5 Å². The van der Waals surface area contributed by atoms with Gasteiger partial charge in [-0.05, 0) is 24.3 Å². The number of nitrogens with one attached hydrogen (secondary N) is 2. The van der Waals surface area contributed by atoms with Crippen LogP contribution in [0.4, 0.5) is 11.4 Å². The summed E-state index contributed by atoms with van der Waals surface area (Å²) in [5, 5.41) is 5.50. The van der Waals surface area contributed by atoms with Crippen LogP contribution in [0, 0.1) is 0 Å². The highest BCUT2D eigenvalue weighted by molar-refractivity contribution is 5.99. The molecule has 7 nitrogen and oxygen atoms in total. The lowest BCUT2D eigenvalue weighted by molar-refractivity contribution is -0.117. The largest absolute Gasteiger partial charge is 0.497 e. The molecule has 7 heteroatoms. The molecule has 0 saturated heterocycles. The van der Waals surface area contributed by atoms with Crippen LogP contribution in [0.3, 0.4) is 0 Å². The van der Waals surface area contributed by atoms with Crippen molar-refractivity contribution in [3.63, 3.8) is 0 Å². The fourth-order valence-electron chi connectivity index (χ4n) is 2.53. The fraction of sp³-hybridized carbons (Fsp3) is 0.167. The van der Waals surface area contributed by atoms with Gasteiger partial charge in [-0.3, -0.25) is 9.59 Å². The zero-order valence-electron chi connectivity index (χ0n) is 13.9. The van der Waals surface area contributed by atoms with Crippen LogP contribution in [-0.2, 0) is 16.1 Å². The van der Waals surface area contributed by atoms with Crippen molar-refractivity contribution < 1.29 is 14.3 Å². The minimum Gasteiger partial charge on any atom is -0.497 e. The van der Waals surface area contributed by atoms with Gasteiger partial charge in [0.25, 0.3) is 0 Å². The van der Waals surface area contributed by atoms with Crippen molar-refractivity contribution >= 4 is 34.2 Å². The van der Waals surface area contributed by atoms with E-state index in [0.717, 1.165) is 11.0 Å². The maximum absolute atomic E-state index is 12.4. The van der Waals surface area contributed by atoms with Gasteiger partial charge in [0.05, 0.1) is 35.8 Å². The molecule has 0 bridgehead atoms. The van der Waals surface area contributed by atoms with Crippen LogP contribution >= 0.6 is 0 Å². The van der Waals surface area contributed by atoms with Crippen molar-refractivity contribution in [3.05, 3.63) is 48.8 Å². The van der Waals surface area contributed by atoms with Crippen LogP contribution in [0.1, 0.15) is 6.92 Å². The number of para-hydroxylation sites is 2. The van der Waals surface area contributed by atoms with E-state index in [4.69, 9.17) is 4.74 Å². The molecule has 2 N–H and O–H groups in total. The summed E-state index contributed by atoms with van der Waals surface area (Å²) in [4.78, 5) is 28.1. The van der Waals surface area contributed by atoms with Crippen molar-refractivity contribution in [1.29, 1.82) is 0 Å². The van der Waals surface area contributed by atoms with Gasteiger partial charge in [0, 0.05) is 13.0 Å². The number of methoxy groups -OCH3 is 1. The molecule has 0 aliphatic rings. The molecule has 1 heterocycles. The van der Waals surface area contributed by atoms with Crippen molar-refractivity contribution in [2.75, 3.05) is 17.7 Å². The molecule has 3 rings (SSSR count). The third-order valence-corrected chi connectivity index (χ3v) is 3.65. The van der Waals surface area contributed by atoms with Gasteiger partial charge in [0.1, 0.15) is 12.3 Å². The van der Waals surface area contributed by atoms with Gasteiger partial charge < -0.3 is 19.9 Å². The second kappa shape index (κ2) is 7.04. The molecule has 25 heavy (non-hydrogen) atoms. The van der Waals surface area contributed by atoms with E-state index in [2.05, 4.69) is 15.6 Å². The van der Waals surface area contributed by atoms with Crippen LogP contribution in [0.2, 0.25) is 0 Å². The highest BCUT2D eigenvalue weighted by Crippen LogP contribution is 2.27. The first-order valence-corrected chi connectivity index (χ1v) is 7.72. The number of rotatable bonds is 5. The predicted octanol–water partition coefficient (Wildman–Crippen LogP) is 2.64. The molecule has 0 aliphatic heterocycles. The lowest BCUT2D eigenvalue weighted by Gasteiger charge is -2.13. The first-order chi connectivity index (χ1) is 12.1. The second-order valence-electron chi connectivity index (χ2n) is 5.50. The molecule has 0 unspecified atom stereocenters. The molecule has 0 atom stereocenters. The summed E-state index contributed by atoms with van der Waals surface area (Å²) < 4.78 is 6.95. The van der Waals surface area contributed by atoms with Crippen LogP contribution in [0.25, 0.3) is 11.0 Å². The molecule has 0 aliphatic carbocycles. The van der Waals surface area contributed by atoms with E-state index in [9.17, 15) is 9.59 Å². The third kappa shape index (κ3) is 3.77. The Labute approximate surface area is 144 Å². The van der Waals surface area contributed by atoms with E-state index in [1.807, 2.05) is 24.3 Å². The monoisotopic (exact) mass is 338 g/mol. The molecule has 1 aromatic heterocycles. The lowest BCUT2D eigenvalue weighted by atomic mass is 10.2. The molecular weight excluding hydrogens is 320 g/mol. The number of carbonyl (C=O) groups is 2. The second-order valence-corrected chi connectivity index (χ2v) is 5.50. The summed E-state index contributed by atoms with van der Waals surface area (Å²) in [6.07, 6.45) is 1.63. The Morgan fingerprint density at radius 2 is 1.92 bits per heavy atom. The summed E-state index contributed by atoms with van der Waals surface area (Å²) in [5.41, 5.74) is 2.70. The minimum atomic E-state index is -0.233. The lowest BCUT2D eigenvalue weighted by Crippen LogP contribution is -2.19. The number of hydrogen-bond acceptors (Lipinski definition) is 4. The predicted molar refractivity (Wildman–Crippen MR) is 95.7 cm³/mol. The average molecular weight is 338 g/mol. The molecule has 0 fully saturated rings. The summed E-state index contributed by atoms with van der Waals surface area (Å²) >= 11 is 0. The van der Waals surface area contributed by atoms with Gasteiger partial charge in [-0.15, -0.1) is 0 Å². The molecule has 0 spiro atoms. The Bertz CT molecular complexity index is 933. The Morgan fingerprint density at radius 3 is 2.68 bits per heavy atom. The number of anilines is 2. The van der Waals surface area contributed by atoms with Crippen LogP contribution in [0.5, 0.6) is 5.75 Å². The number of nitrogens with zero attached hydrogens (tertiary/aromatic N) is 2. The number of aromatic nitrogens is 2. The van der Waals surface area contributed by atoms with E-state index in [-0.39, 0.29) is 18.4 Å². The van der Waals surface area contributed by atoms with Crippen molar-refractivity contribution in [1.82, 2.24) is 9.55 Å². The SMILES string of the molecule is COc1ccc(NC(C)=O)c(NC(=O)Cn2cnc3ccccc32)c1. The quantitative estimate of drug-likeness (QED) is 0.749. The minimum absolute atomic E-state index is 0.108. The highest BCUT2D eigenvalue weighted by Gasteiger charge is 2.11. The number of imidazole rings is 1. The van der Waals surface area contributed by atoms with Gasteiger partial charge in [0.2, 0.25) is 11.8 Å². The van der Waals surface area contributed by atoms with Gasteiger partial charge in [0.15, 0.2) is 0 Å². The molecule has 0 saturated carbocycles. The number of hydrogen-bond donors (Lipinski definition) is 2. The first-order valence-electron chi connectivity index (χ1n) is 7.72. The molecule has 2 amide bonds. The van der Waals surface area contributed by atoms with Gasteiger partial charge in [-0.25, -0.2) is 4.98 Å². The smallest absolute Gasteiger partial charge is 0.244 e. The standard InChI is InChI=1S/C18H18N4O3/c1-12(23)20-14-8-7-13(25-2)9-16(14)21-18(24)10-22-11-19-15-5-3-4-6-17(15)22/h3-9,11H,10H2,1-2H3,(H,20,23)(H,21,24). The molecule has 0 radical (unpaired) electrons. The zero-order valence-corrected chi connectivity index (χ0v) is 13.9. The van der Waals surface area contributed by atoms with Gasteiger partial charge in [-0.1, -0.05) is 12.1 Å². The molecular formula is C18H18N4O3. The summed E-state index contributed by atoms with van der Waals surface area (Å²) in [5.74, 6) is 0.127. The molecule has 128 valence electrons. The highest BCUT2D eigenvalue weighted by atomic mass is 16.5.